The van der Waals surface area contributed by atoms with E-state index in [0.29, 0.717) is 10.3 Å². The number of halogens is 2. The molecule has 0 aliphatic rings. The SMILES string of the molecule is Cc1csc(Sc2cc(Cl)nnc2Cl)n1. The Bertz CT molecular complexity index is 486. The Hall–Kier alpha value is -0.360. The first kappa shape index (κ1) is 11.1. The van der Waals surface area contributed by atoms with Crippen LogP contribution in [0.1, 0.15) is 5.69 Å². The molecule has 0 aliphatic carbocycles. The molecular formula is C8H5Cl2N3S2. The molecule has 7 heteroatoms. The fraction of sp³-hybridized carbons (Fsp3) is 0.125. The smallest absolute Gasteiger partial charge is 0.165 e. The van der Waals surface area contributed by atoms with E-state index in [1.54, 1.807) is 17.4 Å². The van der Waals surface area contributed by atoms with E-state index < -0.39 is 0 Å². The van der Waals surface area contributed by atoms with Gasteiger partial charge in [0, 0.05) is 11.1 Å². The molecule has 2 aromatic heterocycles. The van der Waals surface area contributed by atoms with Gasteiger partial charge >= 0.3 is 0 Å². The van der Waals surface area contributed by atoms with Gasteiger partial charge in [-0.3, -0.25) is 0 Å². The normalized spacial score (nSPS) is 10.6. The molecule has 2 rings (SSSR count). The van der Waals surface area contributed by atoms with Gasteiger partial charge in [0.25, 0.3) is 0 Å². The third-order valence-electron chi connectivity index (χ3n) is 1.48. The van der Waals surface area contributed by atoms with Gasteiger partial charge in [-0.1, -0.05) is 35.0 Å². The largest absolute Gasteiger partial charge is 0.235 e. The minimum atomic E-state index is 0.329. The van der Waals surface area contributed by atoms with Crippen molar-refractivity contribution >= 4 is 46.3 Å². The van der Waals surface area contributed by atoms with Crippen molar-refractivity contribution in [3.05, 3.63) is 27.4 Å². The summed E-state index contributed by atoms with van der Waals surface area (Å²) in [6, 6.07) is 1.68. The number of thiazole rings is 1. The lowest BCUT2D eigenvalue weighted by Gasteiger charge is -1.99. The average molecular weight is 278 g/mol. The molecule has 3 nitrogen and oxygen atoms in total. The summed E-state index contributed by atoms with van der Waals surface area (Å²) >= 11 is 14.6. The first-order valence-corrected chi connectivity index (χ1v) is 6.39. The van der Waals surface area contributed by atoms with Crippen LogP contribution >= 0.6 is 46.3 Å². The molecule has 0 bridgehead atoms. The van der Waals surface area contributed by atoms with Gasteiger partial charge in [-0.05, 0) is 13.0 Å². The minimum absolute atomic E-state index is 0.329. The minimum Gasteiger partial charge on any atom is -0.235 e. The summed E-state index contributed by atoms with van der Waals surface area (Å²) in [4.78, 5) is 5.08. The second kappa shape index (κ2) is 4.65. The molecule has 0 amide bonds. The van der Waals surface area contributed by atoms with Crippen LogP contribution in [-0.4, -0.2) is 15.2 Å². The molecule has 0 aromatic carbocycles. The van der Waals surface area contributed by atoms with E-state index in [2.05, 4.69) is 15.2 Å². The molecule has 78 valence electrons. The quantitative estimate of drug-likeness (QED) is 0.839. The van der Waals surface area contributed by atoms with E-state index in [1.807, 2.05) is 12.3 Å². The van der Waals surface area contributed by atoms with Crippen molar-refractivity contribution in [3.8, 4) is 0 Å². The Kier molecular flexibility index (Phi) is 3.45. The highest BCUT2D eigenvalue weighted by Gasteiger charge is 2.08. The van der Waals surface area contributed by atoms with Gasteiger partial charge in [0.2, 0.25) is 0 Å². The second-order valence-corrected chi connectivity index (χ2v) is 5.57. The van der Waals surface area contributed by atoms with E-state index in [4.69, 9.17) is 23.2 Å². The summed E-state index contributed by atoms with van der Waals surface area (Å²) in [6.07, 6.45) is 0. The zero-order chi connectivity index (χ0) is 10.8. The van der Waals surface area contributed by atoms with Crippen LogP contribution in [0, 0.1) is 6.92 Å². The number of rotatable bonds is 2. The maximum absolute atomic E-state index is 5.88. The Labute approximate surface area is 105 Å². The fourth-order valence-corrected chi connectivity index (χ4v) is 3.10. The Morgan fingerprint density at radius 2 is 2.13 bits per heavy atom. The van der Waals surface area contributed by atoms with Gasteiger partial charge < -0.3 is 0 Å². The monoisotopic (exact) mass is 277 g/mol. The molecule has 2 heterocycles. The summed E-state index contributed by atoms with van der Waals surface area (Å²) < 4.78 is 0.915. The van der Waals surface area contributed by atoms with Crippen LogP contribution in [0.15, 0.2) is 20.7 Å². The van der Waals surface area contributed by atoms with E-state index in [9.17, 15) is 0 Å². The fourth-order valence-electron chi connectivity index (χ4n) is 0.882. The van der Waals surface area contributed by atoms with Crippen LogP contribution in [-0.2, 0) is 0 Å². The van der Waals surface area contributed by atoms with Gasteiger partial charge in [0.15, 0.2) is 14.6 Å². The number of hydrogen-bond donors (Lipinski definition) is 0. The lowest BCUT2D eigenvalue weighted by atomic mass is 10.6. The Morgan fingerprint density at radius 1 is 1.33 bits per heavy atom. The summed E-state index contributed by atoms with van der Waals surface area (Å²) in [5, 5.41) is 10.0. The van der Waals surface area contributed by atoms with Crippen molar-refractivity contribution in [1.29, 1.82) is 0 Å². The van der Waals surface area contributed by atoms with E-state index in [0.717, 1.165) is 14.9 Å². The van der Waals surface area contributed by atoms with Crippen molar-refractivity contribution in [2.24, 2.45) is 0 Å². The first-order valence-electron chi connectivity index (χ1n) is 3.94. The van der Waals surface area contributed by atoms with Crippen LogP contribution in [0.4, 0.5) is 0 Å². The predicted octanol–water partition coefficient (Wildman–Crippen LogP) is 3.70. The molecule has 0 atom stereocenters. The second-order valence-electron chi connectivity index (χ2n) is 2.68. The maximum atomic E-state index is 5.88. The average Bonchev–Trinajstić information content (AvgIpc) is 2.58. The number of aromatic nitrogens is 3. The molecule has 0 saturated carbocycles. The van der Waals surface area contributed by atoms with E-state index in [-0.39, 0.29) is 0 Å². The van der Waals surface area contributed by atoms with Crippen LogP contribution in [0.2, 0.25) is 10.3 Å². The maximum Gasteiger partial charge on any atom is 0.165 e. The molecule has 0 aliphatic heterocycles. The molecule has 0 unspecified atom stereocenters. The van der Waals surface area contributed by atoms with E-state index in [1.165, 1.54) is 11.8 Å². The van der Waals surface area contributed by atoms with Gasteiger partial charge in [-0.25, -0.2) is 4.98 Å². The van der Waals surface area contributed by atoms with Gasteiger partial charge in [-0.15, -0.1) is 21.5 Å². The molecule has 0 N–H and O–H groups in total. The van der Waals surface area contributed by atoms with Gasteiger partial charge in [-0.2, -0.15) is 0 Å². The first-order chi connectivity index (χ1) is 7.15. The highest BCUT2D eigenvalue weighted by atomic mass is 35.5. The van der Waals surface area contributed by atoms with Gasteiger partial charge in [0.1, 0.15) is 0 Å². The number of aryl methyl sites for hydroxylation is 1. The third kappa shape index (κ3) is 2.81. The van der Waals surface area contributed by atoms with Crippen LogP contribution < -0.4 is 0 Å². The summed E-state index contributed by atoms with van der Waals surface area (Å²) in [6.45, 7) is 1.94. The summed E-state index contributed by atoms with van der Waals surface area (Å²) in [5.74, 6) is 0. The molecule has 15 heavy (non-hydrogen) atoms. The number of hydrogen-bond acceptors (Lipinski definition) is 5. The standard InChI is InChI=1S/C8H5Cl2N3S2/c1-4-3-14-8(11-4)15-5-2-6(9)12-13-7(5)10/h2-3H,1H3. The van der Waals surface area contributed by atoms with Gasteiger partial charge in [0.05, 0.1) is 4.90 Å². The van der Waals surface area contributed by atoms with Crippen molar-refractivity contribution in [2.45, 2.75) is 16.2 Å². The number of nitrogens with zero attached hydrogens (tertiary/aromatic N) is 3. The molecular weight excluding hydrogens is 273 g/mol. The molecule has 0 radical (unpaired) electrons. The van der Waals surface area contributed by atoms with Crippen molar-refractivity contribution in [3.63, 3.8) is 0 Å². The van der Waals surface area contributed by atoms with Crippen molar-refractivity contribution in [1.82, 2.24) is 15.2 Å². The third-order valence-corrected chi connectivity index (χ3v) is 4.15. The molecule has 2 aromatic rings. The van der Waals surface area contributed by atoms with Crippen molar-refractivity contribution in [2.75, 3.05) is 0 Å². The molecule has 0 saturated heterocycles. The van der Waals surface area contributed by atoms with Crippen LogP contribution in [0.3, 0.4) is 0 Å². The zero-order valence-electron chi connectivity index (χ0n) is 7.57. The van der Waals surface area contributed by atoms with Crippen LogP contribution in [0.5, 0.6) is 0 Å². The highest BCUT2D eigenvalue weighted by molar-refractivity contribution is 8.01. The zero-order valence-corrected chi connectivity index (χ0v) is 10.7. The highest BCUT2D eigenvalue weighted by Crippen LogP contribution is 2.34. The Balaban J connectivity index is 2.27. The lowest BCUT2D eigenvalue weighted by Crippen LogP contribution is -1.85. The van der Waals surface area contributed by atoms with Crippen molar-refractivity contribution < 1.29 is 0 Å². The molecule has 0 fully saturated rings. The lowest BCUT2D eigenvalue weighted by molar-refractivity contribution is 0.997. The predicted molar refractivity (Wildman–Crippen MR) is 63.0 cm³/mol. The topological polar surface area (TPSA) is 38.7 Å². The van der Waals surface area contributed by atoms with Crippen LogP contribution in [0.25, 0.3) is 0 Å². The summed E-state index contributed by atoms with van der Waals surface area (Å²) in [5.41, 5.74) is 0.992. The Morgan fingerprint density at radius 3 is 2.80 bits per heavy atom. The van der Waals surface area contributed by atoms with E-state index >= 15 is 0 Å². The summed E-state index contributed by atoms with van der Waals surface area (Å²) in [7, 11) is 0. The molecule has 0 spiro atoms.